The maximum atomic E-state index is 13.6. The smallest absolute Gasteiger partial charge is 0.408 e. The Hall–Kier alpha value is -3.52. The second-order valence-corrected chi connectivity index (χ2v) is 16.5. The number of halogens is 3. The second kappa shape index (κ2) is 13.5. The number of aryl methyl sites for hydroxylation is 1. The molecule has 7 atom stereocenters. The Kier molecular flexibility index (Phi) is 9.47. The molecule has 0 aromatic heterocycles. The number of hydrogen-bond acceptors (Lipinski definition) is 14. The molecule has 14 nitrogen and oxygen atoms in total. The number of amides is 1. The number of nitrogens with zero attached hydrogens (tertiary/aromatic N) is 2. The van der Waals surface area contributed by atoms with Gasteiger partial charge in [-0.1, -0.05) is 40.9 Å². The normalized spacial score (nSPS) is 27.6. The average Bonchev–Trinajstić information content (AvgIpc) is 3.56. The predicted molar refractivity (Wildman–Crippen MR) is 184 cm³/mol. The Morgan fingerprint density at radius 2 is 1.92 bits per heavy atom. The lowest BCUT2D eigenvalue weighted by atomic mass is 9.72. The third kappa shape index (κ3) is 6.13. The first kappa shape index (κ1) is 35.9. The van der Waals surface area contributed by atoms with Gasteiger partial charge in [-0.15, -0.1) is 11.8 Å². The minimum atomic E-state index is -1.88. The Balaban J connectivity index is 1.43. The number of rotatable bonds is 4. The first-order valence-electron chi connectivity index (χ1n) is 16.0. The third-order valence-electron chi connectivity index (χ3n) is 9.81. The molecule has 5 aliphatic heterocycles. The lowest BCUT2D eigenvalue weighted by Crippen LogP contribution is -2.69. The molecular weight excluding hydrogens is 751 g/mol. The number of hydrogen-bond donors (Lipinski definition) is 3. The zero-order chi connectivity index (χ0) is 36.5. The minimum absolute atomic E-state index is 0.0262. The van der Waals surface area contributed by atoms with E-state index in [0.717, 1.165) is 11.1 Å². The Bertz CT molecular complexity index is 1870. The van der Waals surface area contributed by atoms with Gasteiger partial charge in [-0.25, -0.2) is 9.59 Å². The largest absolute Gasteiger partial charge is 0.504 e. The van der Waals surface area contributed by atoms with Crippen LogP contribution in [-0.4, -0.2) is 88.9 Å². The zero-order valence-corrected chi connectivity index (χ0v) is 30.8. The number of alkyl carbamates (subject to hydrolysis) is 1. The summed E-state index contributed by atoms with van der Waals surface area (Å²) >= 11 is 18.5. The van der Waals surface area contributed by atoms with Crippen LogP contribution in [0.25, 0.3) is 0 Å². The number of benzene rings is 2. The lowest BCUT2D eigenvalue weighted by Gasteiger charge is -2.59. The molecule has 51 heavy (non-hydrogen) atoms. The summed E-state index contributed by atoms with van der Waals surface area (Å²) in [4.78, 5) is 41.1. The van der Waals surface area contributed by atoms with Crippen LogP contribution in [0.15, 0.2) is 6.07 Å². The molecule has 3 N–H and O–H groups in total. The van der Waals surface area contributed by atoms with E-state index in [2.05, 4.69) is 16.7 Å². The van der Waals surface area contributed by atoms with Gasteiger partial charge in [0, 0.05) is 47.0 Å². The van der Waals surface area contributed by atoms with Crippen LogP contribution in [0.2, 0.25) is 0 Å². The van der Waals surface area contributed by atoms with Gasteiger partial charge in [0.25, 0.3) is 0 Å². The molecule has 0 aliphatic carbocycles. The van der Waals surface area contributed by atoms with Crippen molar-refractivity contribution in [3.8, 4) is 34.8 Å². The van der Waals surface area contributed by atoms with Gasteiger partial charge >= 0.3 is 18.0 Å². The van der Waals surface area contributed by atoms with E-state index in [0.29, 0.717) is 45.9 Å². The zero-order valence-electron chi connectivity index (χ0n) is 27.7. The number of carbonyl (C=O) groups excluding carboxylic acids is 3. The van der Waals surface area contributed by atoms with Gasteiger partial charge in [-0.3, -0.25) is 9.69 Å². The summed E-state index contributed by atoms with van der Waals surface area (Å²) in [5, 5.41) is 28.1. The fourth-order valence-electron chi connectivity index (χ4n) is 8.00. The minimum Gasteiger partial charge on any atom is -0.504 e. The fraction of sp³-hybridized carbons (Fsp3) is 0.515. The van der Waals surface area contributed by atoms with Crippen LogP contribution < -0.4 is 29.6 Å². The molecule has 0 unspecified atom stereocenters. The first-order chi connectivity index (χ1) is 24.2. The van der Waals surface area contributed by atoms with Crippen LogP contribution >= 0.6 is 46.6 Å². The number of nitrogens with one attached hydrogen (secondary N) is 2. The summed E-state index contributed by atoms with van der Waals surface area (Å²) in [5.41, 5.74) is 3.89. The van der Waals surface area contributed by atoms with Crippen LogP contribution in [0.1, 0.15) is 57.6 Å². The number of methoxy groups -OCH3 is 1. The highest BCUT2D eigenvalue weighted by Crippen LogP contribution is 2.62. The van der Waals surface area contributed by atoms with Gasteiger partial charge in [0.1, 0.15) is 31.0 Å². The molecule has 2 fully saturated rings. The Morgan fingerprint density at radius 3 is 2.61 bits per heavy atom. The SMILES string of the molecule is COc1c(C)cc2c(c1O)[C@@H]1N[C@@H](C2)[C@H](C#N)N2[C@H]1[C@@H]1SC[C@H](NC(=O)OCC(Cl)(Cl)Cl)C(=O)OC[C@H]2c2c3c(c(C)c(OC(C)=O)c21)OCO3. The molecule has 2 aromatic carbocycles. The van der Waals surface area contributed by atoms with Crippen molar-refractivity contribution in [1.82, 2.24) is 15.5 Å². The Labute approximate surface area is 311 Å². The molecule has 5 heterocycles. The summed E-state index contributed by atoms with van der Waals surface area (Å²) in [7, 11) is 1.49. The van der Waals surface area contributed by atoms with Crippen molar-refractivity contribution in [2.45, 2.75) is 72.5 Å². The molecule has 4 bridgehead atoms. The van der Waals surface area contributed by atoms with E-state index in [1.807, 2.05) is 17.9 Å². The van der Waals surface area contributed by atoms with E-state index in [-0.39, 0.29) is 36.7 Å². The molecule has 7 rings (SSSR count). The number of phenolic OH excluding ortho intramolecular Hbond substituents is 1. The van der Waals surface area contributed by atoms with Crippen LogP contribution in [0.3, 0.4) is 0 Å². The van der Waals surface area contributed by atoms with Crippen LogP contribution in [0.4, 0.5) is 4.79 Å². The molecule has 1 amide bonds. The first-order valence-corrected chi connectivity index (χ1v) is 18.2. The number of carbonyl (C=O) groups is 3. The topological polar surface area (TPSA) is 178 Å². The van der Waals surface area contributed by atoms with E-state index in [1.54, 1.807) is 6.92 Å². The number of thioether (sulfide) groups is 1. The van der Waals surface area contributed by atoms with E-state index < -0.39 is 63.9 Å². The van der Waals surface area contributed by atoms with Crippen molar-refractivity contribution in [1.29, 1.82) is 5.26 Å². The van der Waals surface area contributed by atoms with Gasteiger partial charge in [0.15, 0.2) is 23.0 Å². The lowest BCUT2D eigenvalue weighted by molar-refractivity contribution is -0.149. The third-order valence-corrected chi connectivity index (χ3v) is 11.5. The van der Waals surface area contributed by atoms with Crippen molar-refractivity contribution < 1.29 is 47.9 Å². The van der Waals surface area contributed by atoms with Gasteiger partial charge in [-0.05, 0) is 31.4 Å². The second-order valence-electron chi connectivity index (χ2n) is 12.8. The van der Waals surface area contributed by atoms with E-state index in [9.17, 15) is 24.8 Å². The quantitative estimate of drug-likeness (QED) is 0.227. The molecule has 0 spiro atoms. The molecule has 0 saturated carbocycles. The molecule has 272 valence electrons. The van der Waals surface area contributed by atoms with Crippen LogP contribution in [0.5, 0.6) is 28.7 Å². The van der Waals surface area contributed by atoms with Gasteiger partial charge in [0.05, 0.1) is 30.5 Å². The fourth-order valence-corrected chi connectivity index (χ4v) is 9.68. The maximum absolute atomic E-state index is 13.6. The molecule has 5 aliphatic rings. The van der Waals surface area contributed by atoms with Crippen molar-refractivity contribution in [3.63, 3.8) is 0 Å². The number of phenols is 1. The van der Waals surface area contributed by atoms with Crippen LogP contribution in [0, 0.1) is 25.2 Å². The number of nitriles is 1. The van der Waals surface area contributed by atoms with E-state index in [4.69, 9.17) is 63.2 Å². The molecule has 2 aromatic rings. The maximum Gasteiger partial charge on any atom is 0.408 e. The highest BCUT2D eigenvalue weighted by molar-refractivity contribution is 7.99. The molecule has 18 heteroatoms. The highest BCUT2D eigenvalue weighted by Gasteiger charge is 2.59. The summed E-state index contributed by atoms with van der Waals surface area (Å²) in [6, 6.07) is 0.107. The molecule has 0 radical (unpaired) electrons. The monoisotopic (exact) mass is 782 g/mol. The Morgan fingerprint density at radius 1 is 1.18 bits per heavy atom. The highest BCUT2D eigenvalue weighted by atomic mass is 35.6. The van der Waals surface area contributed by atoms with Crippen LogP contribution in [-0.2, 0) is 25.5 Å². The number of alkyl halides is 3. The predicted octanol–water partition coefficient (Wildman–Crippen LogP) is 4.35. The van der Waals surface area contributed by atoms with Gasteiger partial charge in [-0.2, -0.15) is 5.26 Å². The van der Waals surface area contributed by atoms with Crippen molar-refractivity contribution in [3.05, 3.63) is 39.4 Å². The number of fused-ring (bicyclic) bond motifs is 9. The van der Waals surface area contributed by atoms with Crippen molar-refractivity contribution >= 4 is 64.6 Å². The number of aromatic hydroxyl groups is 1. The van der Waals surface area contributed by atoms with Gasteiger partial charge < -0.3 is 44.2 Å². The molecule has 2 saturated heterocycles. The molecular formula is C33H33Cl3N4O10S. The summed E-state index contributed by atoms with van der Waals surface area (Å²) < 4.78 is 32.6. The van der Waals surface area contributed by atoms with Gasteiger partial charge in [0.2, 0.25) is 10.6 Å². The average molecular weight is 784 g/mol. The standard InChI is InChI=1S/C33H33Cl3N4O10S/c1-12-5-15-6-16-18(7-37)40-19-8-46-31(43)17(39-32(44)47-10-33(34,35)36)9-51-30(24(40)23(38-16)20(15)25(42)26(12)45-4)22-21(19)29-28(48-11-49-29)13(2)27(22)50-14(3)41/h5,16-19,23-24,30,38,42H,6,8-11H2,1-4H3,(H,39,44)/t16-,17-,18-,19-,23-,24+,30+/m0/s1. The van der Waals surface area contributed by atoms with Crippen molar-refractivity contribution in [2.24, 2.45) is 0 Å². The number of cyclic esters (lactones) is 1. The number of esters is 2. The summed E-state index contributed by atoms with van der Waals surface area (Å²) in [6.45, 7) is 3.95. The van der Waals surface area contributed by atoms with Crippen molar-refractivity contribution in [2.75, 3.05) is 32.9 Å². The summed E-state index contributed by atoms with van der Waals surface area (Å²) in [6.07, 6.45) is -0.580. The van der Waals surface area contributed by atoms with E-state index in [1.165, 1.54) is 25.8 Å². The van der Waals surface area contributed by atoms with E-state index >= 15 is 0 Å². The summed E-state index contributed by atoms with van der Waals surface area (Å²) in [5.74, 6) is -0.0637. The number of ether oxygens (including phenoxy) is 6. The number of piperazine rings is 1.